The van der Waals surface area contributed by atoms with E-state index in [2.05, 4.69) is 50.1 Å². The number of unbranched alkanes of at least 4 members (excludes halogenated alkanes) is 2. The van der Waals surface area contributed by atoms with Crippen LogP contribution in [0.3, 0.4) is 0 Å². The first-order chi connectivity index (χ1) is 20.9. The zero-order chi connectivity index (χ0) is 33.9. The number of carbonyl (C=O) groups is 1. The molecule has 1 atom stereocenters. The van der Waals surface area contributed by atoms with Gasteiger partial charge in [0.2, 0.25) is 0 Å². The molecule has 1 aromatic carbocycles. The summed E-state index contributed by atoms with van der Waals surface area (Å²) in [7, 11) is -1.54. The molecule has 0 aromatic heterocycles. The maximum Gasteiger partial charge on any atom is 0.318 e. The summed E-state index contributed by atoms with van der Waals surface area (Å²) >= 11 is 0. The molecule has 0 heterocycles. The molecule has 0 aliphatic carbocycles. The van der Waals surface area contributed by atoms with Crippen molar-refractivity contribution in [3.05, 3.63) is 94.7 Å². The number of hydrogen-bond acceptors (Lipinski definition) is 3. The molecule has 0 aliphatic rings. The Balaban J connectivity index is -0.000000761. The first kappa shape index (κ1) is 46.6. The smallest absolute Gasteiger partial charge is 0.318 e. The van der Waals surface area contributed by atoms with Gasteiger partial charge >= 0.3 is 5.97 Å². The Hall–Kier alpha value is -3.40. The van der Waals surface area contributed by atoms with Crippen LogP contribution in [0.5, 0.6) is 0 Å². The fraction of sp³-hybridized carbons (Fsp3) is 0.432. The molecule has 0 fully saturated rings. The Morgan fingerprint density at radius 2 is 1.58 bits per heavy atom. The highest BCUT2D eigenvalue weighted by Crippen LogP contribution is 2.17. The molecule has 0 spiro atoms. The lowest BCUT2D eigenvalue weighted by atomic mass is 10.0. The zero-order valence-electron chi connectivity index (χ0n) is 28.3. The SMILES string of the molecule is C#C.C=Cc1ccc(COC(/C=C\CC/C=C\C(=C/CCC)S(=O)NCC(=O)O)=C/C)cc1/C=C\C.CC.CC.CCC. The molecule has 1 unspecified atom stereocenters. The van der Waals surface area contributed by atoms with Crippen LogP contribution in [0, 0.1) is 12.8 Å². The van der Waals surface area contributed by atoms with Gasteiger partial charge < -0.3 is 9.84 Å². The van der Waals surface area contributed by atoms with Gasteiger partial charge in [-0.3, -0.25) is 4.79 Å². The number of ether oxygens (including phenoxy) is 1. The zero-order valence-corrected chi connectivity index (χ0v) is 29.1. The van der Waals surface area contributed by atoms with Crippen LogP contribution in [0.1, 0.15) is 111 Å². The standard InChI is InChI=1S/C28H37NO4S.C3H8.2C2H6.C2H2/c1-5-9-16-27(34(32)29-21-28(30)31)17-13-11-10-12-15-26(8-4)33-22-23-18-19-24(7-3)25(20-23)14-6-2;1-3-2;3*1-2/h6-8,12-20,29H,3,5,9-11,21-22H2,1-2,4H3,(H,30,31);3H2,1-2H3;2*1-2H3;1-2H/b14-6-,15-12-,17-13-,26-8+,27-16+;;;;. The Morgan fingerprint density at radius 1 is 1.00 bits per heavy atom. The molecule has 43 heavy (non-hydrogen) atoms. The van der Waals surface area contributed by atoms with Crippen molar-refractivity contribution in [3.8, 4) is 12.8 Å². The third-order valence-corrected chi connectivity index (χ3v) is 5.81. The van der Waals surface area contributed by atoms with Crippen molar-refractivity contribution in [1.29, 1.82) is 0 Å². The highest BCUT2D eigenvalue weighted by molar-refractivity contribution is 7.87. The average Bonchev–Trinajstić information content (AvgIpc) is 3.04. The summed E-state index contributed by atoms with van der Waals surface area (Å²) in [5.74, 6) is -0.238. The highest BCUT2D eigenvalue weighted by Gasteiger charge is 2.06. The quantitative estimate of drug-likeness (QED) is 0.0842. The predicted octanol–water partition coefficient (Wildman–Crippen LogP) is 10.4. The number of nitrogens with one attached hydrogen (secondary N) is 1. The first-order valence-corrected chi connectivity index (χ1v) is 16.4. The largest absolute Gasteiger partial charge is 0.489 e. The summed E-state index contributed by atoms with van der Waals surface area (Å²) in [4.78, 5) is 11.3. The first-order valence-electron chi connectivity index (χ1n) is 15.3. The van der Waals surface area contributed by atoms with Gasteiger partial charge in [0, 0.05) is 4.91 Å². The van der Waals surface area contributed by atoms with Crippen molar-refractivity contribution in [2.24, 2.45) is 0 Å². The minimum Gasteiger partial charge on any atom is -0.489 e. The summed E-state index contributed by atoms with van der Waals surface area (Å²) in [5.41, 5.74) is 3.30. The summed E-state index contributed by atoms with van der Waals surface area (Å²) < 4.78 is 20.7. The lowest BCUT2D eigenvalue weighted by molar-refractivity contribution is -0.135. The van der Waals surface area contributed by atoms with Crippen LogP contribution in [-0.4, -0.2) is 21.8 Å². The fourth-order valence-electron chi connectivity index (χ4n) is 2.91. The topological polar surface area (TPSA) is 75.6 Å². The second-order valence-corrected chi connectivity index (χ2v) is 9.41. The Kier molecular flexibility index (Phi) is 39.7. The maximum absolute atomic E-state index is 12.3. The van der Waals surface area contributed by atoms with Gasteiger partial charge in [-0.2, -0.15) is 0 Å². The molecule has 1 rings (SSSR count). The van der Waals surface area contributed by atoms with Gasteiger partial charge in [0.05, 0.1) is 0 Å². The van der Waals surface area contributed by atoms with E-state index in [1.54, 1.807) is 6.08 Å². The van der Waals surface area contributed by atoms with Crippen molar-refractivity contribution in [2.75, 3.05) is 6.54 Å². The van der Waals surface area contributed by atoms with E-state index in [4.69, 9.17) is 9.84 Å². The van der Waals surface area contributed by atoms with E-state index in [1.165, 1.54) is 6.42 Å². The van der Waals surface area contributed by atoms with Crippen LogP contribution in [0.25, 0.3) is 12.2 Å². The lowest BCUT2D eigenvalue weighted by Gasteiger charge is -2.09. The van der Waals surface area contributed by atoms with Crippen molar-refractivity contribution in [3.63, 3.8) is 0 Å². The van der Waals surface area contributed by atoms with Gasteiger partial charge in [0.15, 0.2) is 0 Å². The normalized spacial score (nSPS) is 11.6. The highest BCUT2D eigenvalue weighted by atomic mass is 32.2. The van der Waals surface area contributed by atoms with Crippen LogP contribution in [-0.2, 0) is 27.1 Å². The molecule has 0 amide bonds. The third kappa shape index (κ3) is 27.2. The van der Waals surface area contributed by atoms with Crippen LogP contribution in [0.15, 0.2) is 78.0 Å². The third-order valence-electron chi connectivity index (χ3n) is 4.67. The van der Waals surface area contributed by atoms with Gasteiger partial charge in [-0.25, -0.2) is 8.93 Å². The number of allylic oxidation sites excluding steroid dienone is 7. The number of hydrogen-bond donors (Lipinski definition) is 2. The number of rotatable bonds is 16. The van der Waals surface area contributed by atoms with Crippen molar-refractivity contribution >= 4 is 29.1 Å². The molecule has 0 bridgehead atoms. The minimum atomic E-state index is -1.54. The summed E-state index contributed by atoms with van der Waals surface area (Å²) in [5, 5.41) is 8.75. The number of benzene rings is 1. The van der Waals surface area contributed by atoms with Gasteiger partial charge in [-0.15, -0.1) is 12.8 Å². The van der Waals surface area contributed by atoms with Crippen LogP contribution in [0.4, 0.5) is 0 Å². The molecule has 0 aliphatic heterocycles. The second-order valence-electron chi connectivity index (χ2n) is 8.12. The van der Waals surface area contributed by atoms with Crippen LogP contribution < -0.4 is 4.72 Å². The number of terminal acetylenes is 1. The summed E-state index contributed by atoms with van der Waals surface area (Å²) in [6, 6.07) is 6.20. The predicted molar refractivity (Wildman–Crippen MR) is 193 cm³/mol. The van der Waals surface area contributed by atoms with E-state index in [0.717, 1.165) is 48.1 Å². The number of carboxylic acids is 1. The fourth-order valence-corrected chi connectivity index (χ4v) is 3.82. The van der Waals surface area contributed by atoms with Gasteiger partial charge in [0.25, 0.3) is 0 Å². The van der Waals surface area contributed by atoms with Gasteiger partial charge in [0.1, 0.15) is 29.9 Å². The average molecular weight is 614 g/mol. The molecular formula is C37H59NO4S. The molecule has 6 heteroatoms. The number of aliphatic carboxylic acids is 1. The Morgan fingerprint density at radius 3 is 2.07 bits per heavy atom. The Bertz CT molecular complexity index is 1030. The van der Waals surface area contributed by atoms with Crippen LogP contribution in [0.2, 0.25) is 0 Å². The van der Waals surface area contributed by atoms with E-state index in [1.807, 2.05) is 103 Å². The molecule has 5 nitrogen and oxygen atoms in total. The van der Waals surface area contributed by atoms with E-state index in [0.29, 0.717) is 11.5 Å². The second kappa shape index (κ2) is 36.6. The summed E-state index contributed by atoms with van der Waals surface area (Å²) in [6.07, 6.45) is 30.0. The van der Waals surface area contributed by atoms with E-state index in [9.17, 15) is 9.00 Å². The molecule has 1 aromatic rings. The van der Waals surface area contributed by atoms with Crippen molar-refractivity contribution in [2.45, 2.75) is 101 Å². The molecule has 0 radical (unpaired) electrons. The Labute approximate surface area is 267 Å². The monoisotopic (exact) mass is 613 g/mol. The molecular weight excluding hydrogens is 554 g/mol. The number of carboxylic acid groups (broad SMARTS) is 1. The van der Waals surface area contributed by atoms with Crippen molar-refractivity contribution in [1.82, 2.24) is 4.72 Å². The van der Waals surface area contributed by atoms with Crippen LogP contribution >= 0.6 is 0 Å². The molecule has 0 saturated heterocycles. The maximum atomic E-state index is 12.3. The van der Waals surface area contributed by atoms with E-state index in [-0.39, 0.29) is 6.54 Å². The lowest BCUT2D eigenvalue weighted by Crippen LogP contribution is -2.25. The molecule has 242 valence electrons. The van der Waals surface area contributed by atoms with Crippen molar-refractivity contribution < 1.29 is 18.8 Å². The van der Waals surface area contributed by atoms with E-state index < -0.39 is 17.0 Å². The molecule has 2 N–H and O–H groups in total. The van der Waals surface area contributed by atoms with Gasteiger partial charge in [-0.05, 0) is 74.1 Å². The van der Waals surface area contributed by atoms with Gasteiger partial charge in [-0.1, -0.05) is 116 Å². The minimum absolute atomic E-state index is 0.339. The summed E-state index contributed by atoms with van der Waals surface area (Å²) in [6.45, 7) is 22.2. The van der Waals surface area contributed by atoms with E-state index >= 15 is 0 Å². The molecule has 0 saturated carbocycles.